The van der Waals surface area contributed by atoms with Crippen LogP contribution in [0.4, 0.5) is 11.4 Å². The lowest BCUT2D eigenvalue weighted by molar-refractivity contribution is -0.122. The summed E-state index contributed by atoms with van der Waals surface area (Å²) in [7, 11) is 0. The molecule has 1 fully saturated rings. The van der Waals surface area contributed by atoms with Crippen LogP contribution in [-0.4, -0.2) is 30.9 Å². The smallest absolute Gasteiger partial charge is 0.340 e. The number of amides is 2. The normalized spacial score (nSPS) is 16.3. The lowest BCUT2D eigenvalue weighted by Gasteiger charge is -2.17. The number of nitrogens with zero attached hydrogens (tertiary/aromatic N) is 1. The van der Waals surface area contributed by atoms with E-state index >= 15 is 0 Å². The van der Waals surface area contributed by atoms with Gasteiger partial charge in [-0.05, 0) is 37.3 Å². The zero-order valence-electron chi connectivity index (χ0n) is 14.8. The zero-order chi connectivity index (χ0) is 19.4. The first kappa shape index (κ1) is 18.9. The van der Waals surface area contributed by atoms with Crippen molar-refractivity contribution in [2.75, 3.05) is 23.4 Å². The Morgan fingerprint density at radius 2 is 2.00 bits per heavy atom. The van der Waals surface area contributed by atoms with E-state index in [1.54, 1.807) is 60.4 Å². The summed E-state index contributed by atoms with van der Waals surface area (Å²) in [4.78, 5) is 38.6. The summed E-state index contributed by atoms with van der Waals surface area (Å²) in [6.07, 6.45) is 0.0971. The van der Waals surface area contributed by atoms with Crippen molar-refractivity contribution in [1.82, 2.24) is 0 Å². The number of hydrogen-bond acceptors (Lipinski definition) is 4. The average molecular weight is 387 g/mol. The summed E-state index contributed by atoms with van der Waals surface area (Å²) in [6, 6.07) is 13.6. The van der Waals surface area contributed by atoms with E-state index in [9.17, 15) is 14.4 Å². The van der Waals surface area contributed by atoms with Gasteiger partial charge in [-0.1, -0.05) is 29.8 Å². The number of carbonyl (C=O) groups excluding carboxylic acids is 3. The maximum atomic E-state index is 12.7. The van der Waals surface area contributed by atoms with Crippen LogP contribution in [0.3, 0.4) is 0 Å². The fourth-order valence-electron chi connectivity index (χ4n) is 2.99. The van der Waals surface area contributed by atoms with Gasteiger partial charge in [0.2, 0.25) is 11.8 Å². The van der Waals surface area contributed by atoms with Gasteiger partial charge in [0.1, 0.15) is 0 Å². The third kappa shape index (κ3) is 4.28. The van der Waals surface area contributed by atoms with Gasteiger partial charge in [0.25, 0.3) is 0 Å². The van der Waals surface area contributed by atoms with Gasteiger partial charge in [-0.15, -0.1) is 0 Å². The molecule has 140 valence electrons. The van der Waals surface area contributed by atoms with E-state index in [-0.39, 0.29) is 37.0 Å². The fraction of sp³-hybridized carbons (Fsp3) is 0.250. The summed E-state index contributed by atoms with van der Waals surface area (Å²) in [6.45, 7) is 2.22. The Kier molecular flexibility index (Phi) is 5.76. The maximum absolute atomic E-state index is 12.7. The average Bonchev–Trinajstić information content (AvgIpc) is 3.04. The van der Waals surface area contributed by atoms with Crippen LogP contribution in [0.15, 0.2) is 48.5 Å². The van der Waals surface area contributed by atoms with E-state index in [2.05, 4.69) is 5.32 Å². The van der Waals surface area contributed by atoms with Gasteiger partial charge in [-0.2, -0.15) is 0 Å². The highest BCUT2D eigenvalue weighted by atomic mass is 35.5. The molecule has 2 amide bonds. The van der Waals surface area contributed by atoms with Gasteiger partial charge < -0.3 is 15.0 Å². The van der Waals surface area contributed by atoms with Gasteiger partial charge in [-0.3, -0.25) is 9.59 Å². The van der Waals surface area contributed by atoms with Crippen molar-refractivity contribution in [1.29, 1.82) is 0 Å². The Morgan fingerprint density at radius 3 is 2.74 bits per heavy atom. The van der Waals surface area contributed by atoms with E-state index in [0.29, 0.717) is 16.4 Å². The minimum Gasteiger partial charge on any atom is -0.462 e. The van der Waals surface area contributed by atoms with Crippen LogP contribution in [0.1, 0.15) is 23.7 Å². The summed E-state index contributed by atoms with van der Waals surface area (Å²) < 4.78 is 5.01. The lowest BCUT2D eigenvalue weighted by atomic mass is 10.1. The Labute approximate surface area is 162 Å². The van der Waals surface area contributed by atoms with E-state index in [0.717, 1.165) is 0 Å². The molecule has 2 aromatic carbocycles. The van der Waals surface area contributed by atoms with Crippen molar-refractivity contribution >= 4 is 40.8 Å². The molecule has 1 N–H and O–H groups in total. The quantitative estimate of drug-likeness (QED) is 0.798. The highest BCUT2D eigenvalue weighted by Gasteiger charge is 2.35. The monoisotopic (exact) mass is 386 g/mol. The molecule has 6 nitrogen and oxygen atoms in total. The summed E-state index contributed by atoms with van der Waals surface area (Å²) in [5.41, 5.74) is 1.31. The second-order valence-electron chi connectivity index (χ2n) is 6.14. The predicted molar refractivity (Wildman–Crippen MR) is 103 cm³/mol. The van der Waals surface area contributed by atoms with Gasteiger partial charge in [-0.25, -0.2) is 4.79 Å². The third-order valence-electron chi connectivity index (χ3n) is 4.30. The minimum atomic E-state index is -0.522. The highest BCUT2D eigenvalue weighted by Crippen LogP contribution is 2.28. The van der Waals surface area contributed by atoms with Crippen molar-refractivity contribution in [2.45, 2.75) is 13.3 Å². The number of benzene rings is 2. The van der Waals surface area contributed by atoms with Crippen LogP contribution in [0.5, 0.6) is 0 Å². The van der Waals surface area contributed by atoms with Crippen LogP contribution < -0.4 is 10.2 Å². The van der Waals surface area contributed by atoms with Crippen LogP contribution in [-0.2, 0) is 14.3 Å². The zero-order valence-corrected chi connectivity index (χ0v) is 15.5. The molecule has 0 aromatic heterocycles. The molecule has 0 bridgehead atoms. The largest absolute Gasteiger partial charge is 0.462 e. The molecule has 1 atom stereocenters. The molecule has 3 rings (SSSR count). The molecule has 1 aliphatic rings. The molecule has 0 spiro atoms. The fourth-order valence-corrected chi connectivity index (χ4v) is 3.18. The first-order valence-electron chi connectivity index (χ1n) is 8.62. The van der Waals surface area contributed by atoms with Crippen molar-refractivity contribution in [2.24, 2.45) is 5.92 Å². The number of halogens is 1. The lowest BCUT2D eigenvalue weighted by Crippen LogP contribution is -2.28. The number of rotatable bonds is 5. The molecule has 7 heteroatoms. The topological polar surface area (TPSA) is 75.7 Å². The van der Waals surface area contributed by atoms with Gasteiger partial charge >= 0.3 is 5.97 Å². The second-order valence-corrected chi connectivity index (χ2v) is 6.58. The second kappa shape index (κ2) is 8.22. The van der Waals surface area contributed by atoms with Crippen LogP contribution in [0.2, 0.25) is 5.02 Å². The van der Waals surface area contributed by atoms with E-state index in [1.165, 1.54) is 0 Å². The molecule has 0 saturated carbocycles. The van der Waals surface area contributed by atoms with Crippen molar-refractivity contribution in [3.05, 3.63) is 59.1 Å². The number of carbonyl (C=O) groups is 3. The van der Waals surface area contributed by atoms with Crippen molar-refractivity contribution in [3.63, 3.8) is 0 Å². The number of ether oxygens (including phenoxy) is 1. The summed E-state index contributed by atoms with van der Waals surface area (Å²) in [5, 5.41) is 3.28. The Balaban J connectivity index is 1.73. The van der Waals surface area contributed by atoms with Gasteiger partial charge in [0.15, 0.2) is 0 Å². The molecule has 0 radical (unpaired) electrons. The molecule has 1 saturated heterocycles. The highest BCUT2D eigenvalue weighted by molar-refractivity contribution is 6.31. The molecule has 1 heterocycles. The van der Waals surface area contributed by atoms with Crippen molar-refractivity contribution in [3.8, 4) is 0 Å². The predicted octanol–water partition coefficient (Wildman–Crippen LogP) is 3.51. The summed E-state index contributed by atoms with van der Waals surface area (Å²) >= 11 is 5.99. The van der Waals surface area contributed by atoms with Crippen LogP contribution >= 0.6 is 11.6 Å². The Morgan fingerprint density at radius 1 is 1.22 bits per heavy atom. The Hall–Kier alpha value is -2.86. The summed E-state index contributed by atoms with van der Waals surface area (Å²) in [5.74, 6) is -1.48. The van der Waals surface area contributed by atoms with E-state index < -0.39 is 11.9 Å². The molecular weight excluding hydrogens is 368 g/mol. The number of esters is 1. The molecule has 27 heavy (non-hydrogen) atoms. The van der Waals surface area contributed by atoms with Gasteiger partial charge in [0, 0.05) is 23.7 Å². The molecule has 2 aromatic rings. The van der Waals surface area contributed by atoms with Crippen LogP contribution in [0, 0.1) is 5.92 Å². The molecule has 1 aliphatic heterocycles. The maximum Gasteiger partial charge on any atom is 0.340 e. The van der Waals surface area contributed by atoms with Gasteiger partial charge in [0.05, 0.1) is 23.8 Å². The molecule has 0 aliphatic carbocycles. The molecule has 1 unspecified atom stereocenters. The van der Waals surface area contributed by atoms with E-state index in [1.807, 2.05) is 0 Å². The number of nitrogens with one attached hydrogen (secondary N) is 1. The molecular formula is C20H19ClN2O4. The SMILES string of the molecule is CCOC(=O)c1ccccc1NC(=O)C1CC(=O)N(c2cccc(Cl)c2)C1. The third-order valence-corrected chi connectivity index (χ3v) is 4.53. The van der Waals surface area contributed by atoms with Crippen molar-refractivity contribution < 1.29 is 19.1 Å². The number of para-hydroxylation sites is 1. The standard InChI is InChI=1S/C20H19ClN2O4/c1-2-27-20(26)16-8-3-4-9-17(16)22-19(25)13-10-18(24)23(12-13)15-7-5-6-14(21)11-15/h3-9,11,13H,2,10,12H2,1H3,(H,22,25). The van der Waals surface area contributed by atoms with Crippen LogP contribution in [0.25, 0.3) is 0 Å². The number of anilines is 2. The van der Waals surface area contributed by atoms with E-state index in [4.69, 9.17) is 16.3 Å². The Bertz CT molecular complexity index is 884. The minimum absolute atomic E-state index is 0.0971. The first-order valence-corrected chi connectivity index (χ1v) is 9.00. The first-order chi connectivity index (χ1) is 13.0. The number of hydrogen-bond donors (Lipinski definition) is 1.